The molecule has 18 heavy (non-hydrogen) atoms. The molecule has 1 N–H and O–H groups in total. The fraction of sp³-hybridized carbons (Fsp3) is 0.182. The molecule has 1 atom stereocenters. The number of carboxylic acids is 1. The Hall–Kier alpha value is -1.14. The maximum Gasteiger partial charge on any atom is 0.405 e. The standard InChI is InChI=1S/C11H6ClF3O2S/c12-6-1-2-8-5(3-6)4-7(10(16)17)9(18-8)11(13,14)15/h1-4,9H,(H,16,17)/t9-/m0/s1. The first kappa shape index (κ1) is 13.3. The van der Waals surface area contributed by atoms with Crippen molar-refractivity contribution in [1.29, 1.82) is 0 Å². The van der Waals surface area contributed by atoms with Crippen LogP contribution in [0.5, 0.6) is 0 Å². The Labute approximate surface area is 109 Å². The van der Waals surface area contributed by atoms with Crippen molar-refractivity contribution in [3.8, 4) is 0 Å². The normalized spacial score (nSPS) is 19.1. The van der Waals surface area contributed by atoms with E-state index in [0.29, 0.717) is 27.2 Å². The third kappa shape index (κ3) is 2.49. The molecule has 0 aliphatic carbocycles. The molecule has 0 spiro atoms. The lowest BCUT2D eigenvalue weighted by molar-refractivity contribution is -0.140. The quantitative estimate of drug-likeness (QED) is 0.855. The van der Waals surface area contributed by atoms with Gasteiger partial charge in [-0.15, -0.1) is 11.8 Å². The minimum atomic E-state index is -4.60. The number of carboxylic acid groups (broad SMARTS) is 1. The maximum atomic E-state index is 12.8. The van der Waals surface area contributed by atoms with Gasteiger partial charge in [0.25, 0.3) is 0 Å². The summed E-state index contributed by atoms with van der Waals surface area (Å²) in [6.45, 7) is 0. The predicted octanol–water partition coefficient (Wildman–Crippen LogP) is 3.84. The van der Waals surface area contributed by atoms with Crippen LogP contribution in [-0.4, -0.2) is 22.5 Å². The minimum Gasteiger partial charge on any atom is -0.478 e. The number of fused-ring (bicyclic) bond motifs is 1. The number of carbonyl (C=O) groups is 1. The van der Waals surface area contributed by atoms with Gasteiger partial charge in [0.05, 0.1) is 5.57 Å². The number of thioether (sulfide) groups is 1. The number of rotatable bonds is 1. The topological polar surface area (TPSA) is 37.3 Å². The van der Waals surface area contributed by atoms with Crippen LogP contribution >= 0.6 is 23.4 Å². The van der Waals surface area contributed by atoms with Crippen LogP contribution in [0.1, 0.15) is 5.56 Å². The van der Waals surface area contributed by atoms with E-state index in [-0.39, 0.29) is 0 Å². The molecule has 1 aliphatic heterocycles. The van der Waals surface area contributed by atoms with Gasteiger partial charge >= 0.3 is 12.1 Å². The summed E-state index contributed by atoms with van der Waals surface area (Å²) in [5.41, 5.74) is -0.285. The first-order valence-corrected chi connectivity index (χ1v) is 6.02. The third-order valence-electron chi connectivity index (χ3n) is 2.35. The van der Waals surface area contributed by atoms with Gasteiger partial charge in [-0.05, 0) is 29.8 Å². The number of halogens is 4. The van der Waals surface area contributed by atoms with Crippen molar-refractivity contribution in [2.75, 3.05) is 0 Å². The molecule has 0 unspecified atom stereocenters. The molecule has 1 aliphatic rings. The smallest absolute Gasteiger partial charge is 0.405 e. The predicted molar refractivity (Wildman–Crippen MR) is 62.8 cm³/mol. The van der Waals surface area contributed by atoms with Crippen LogP contribution in [-0.2, 0) is 4.79 Å². The molecule has 0 amide bonds. The molecule has 0 fully saturated rings. The molecule has 96 valence electrons. The van der Waals surface area contributed by atoms with Crippen LogP contribution in [0.4, 0.5) is 13.2 Å². The average Bonchev–Trinajstić information content (AvgIpc) is 2.25. The lowest BCUT2D eigenvalue weighted by Crippen LogP contribution is -2.32. The average molecular weight is 295 g/mol. The monoisotopic (exact) mass is 294 g/mol. The fourth-order valence-corrected chi connectivity index (χ4v) is 2.85. The molecule has 0 aromatic heterocycles. The Balaban J connectivity index is 2.53. The molecule has 7 heteroatoms. The van der Waals surface area contributed by atoms with Gasteiger partial charge in [0.2, 0.25) is 0 Å². The summed E-state index contributed by atoms with van der Waals surface area (Å²) in [4.78, 5) is 11.3. The molecule has 0 saturated heterocycles. The highest BCUT2D eigenvalue weighted by Crippen LogP contribution is 2.45. The molecule has 2 rings (SSSR count). The molecule has 2 nitrogen and oxygen atoms in total. The summed E-state index contributed by atoms with van der Waals surface area (Å²) in [6.07, 6.45) is -3.58. The zero-order chi connectivity index (χ0) is 13.5. The highest BCUT2D eigenvalue weighted by molar-refractivity contribution is 8.00. The van der Waals surface area contributed by atoms with Gasteiger partial charge in [-0.25, -0.2) is 4.79 Å². The van der Waals surface area contributed by atoms with E-state index in [4.69, 9.17) is 16.7 Å². The second-order valence-electron chi connectivity index (χ2n) is 3.63. The number of hydrogen-bond acceptors (Lipinski definition) is 2. The van der Waals surface area contributed by atoms with E-state index >= 15 is 0 Å². The summed E-state index contributed by atoms with van der Waals surface area (Å²) in [5.74, 6) is -1.57. The van der Waals surface area contributed by atoms with Crippen molar-refractivity contribution in [3.63, 3.8) is 0 Å². The lowest BCUT2D eigenvalue weighted by atomic mass is 10.1. The van der Waals surface area contributed by atoms with Gasteiger partial charge in [0.1, 0.15) is 5.25 Å². The summed E-state index contributed by atoms with van der Waals surface area (Å²) in [7, 11) is 0. The highest BCUT2D eigenvalue weighted by atomic mass is 35.5. The Morgan fingerprint density at radius 2 is 2.06 bits per heavy atom. The Morgan fingerprint density at radius 3 is 2.61 bits per heavy atom. The van der Waals surface area contributed by atoms with Crippen molar-refractivity contribution < 1.29 is 23.1 Å². The van der Waals surface area contributed by atoms with E-state index in [1.807, 2.05) is 0 Å². The zero-order valence-corrected chi connectivity index (χ0v) is 10.2. The molecule has 0 radical (unpaired) electrons. The Kier molecular flexibility index (Phi) is 3.33. The van der Waals surface area contributed by atoms with E-state index in [1.165, 1.54) is 18.2 Å². The van der Waals surface area contributed by atoms with Gasteiger partial charge in [-0.3, -0.25) is 0 Å². The molecule has 0 bridgehead atoms. The number of benzene rings is 1. The number of aliphatic carboxylic acids is 1. The molecule has 0 saturated carbocycles. The van der Waals surface area contributed by atoms with E-state index in [1.54, 1.807) is 0 Å². The molecule has 1 aromatic rings. The molecular formula is C11H6ClF3O2S. The van der Waals surface area contributed by atoms with Crippen molar-refractivity contribution in [2.24, 2.45) is 0 Å². The zero-order valence-electron chi connectivity index (χ0n) is 8.66. The second-order valence-corrected chi connectivity index (χ2v) is 5.21. The molecule has 1 aromatic carbocycles. The number of alkyl halides is 3. The van der Waals surface area contributed by atoms with Crippen LogP contribution in [0.15, 0.2) is 28.7 Å². The van der Waals surface area contributed by atoms with E-state index in [0.717, 1.165) is 6.08 Å². The highest BCUT2D eigenvalue weighted by Gasteiger charge is 2.46. The van der Waals surface area contributed by atoms with Crippen molar-refractivity contribution >= 4 is 35.4 Å². The molecular weight excluding hydrogens is 289 g/mol. The van der Waals surface area contributed by atoms with Gasteiger partial charge in [0.15, 0.2) is 0 Å². The third-order valence-corrected chi connectivity index (χ3v) is 3.97. The van der Waals surface area contributed by atoms with Gasteiger partial charge in [-0.2, -0.15) is 13.2 Å². The van der Waals surface area contributed by atoms with E-state index in [2.05, 4.69) is 0 Å². The van der Waals surface area contributed by atoms with Gasteiger partial charge < -0.3 is 5.11 Å². The SMILES string of the molecule is O=C(O)C1=Cc2cc(Cl)ccc2S[C@@H]1C(F)(F)F. The summed E-state index contributed by atoms with van der Waals surface area (Å²) < 4.78 is 38.3. The van der Waals surface area contributed by atoms with Gasteiger partial charge in [0, 0.05) is 9.92 Å². The first-order chi connectivity index (χ1) is 8.29. The molecule has 1 heterocycles. The first-order valence-electron chi connectivity index (χ1n) is 4.77. The fourth-order valence-electron chi connectivity index (χ4n) is 1.59. The van der Waals surface area contributed by atoms with E-state index < -0.39 is 23.0 Å². The van der Waals surface area contributed by atoms with Crippen molar-refractivity contribution in [1.82, 2.24) is 0 Å². The Bertz CT molecular complexity index is 540. The summed E-state index contributed by atoms with van der Waals surface area (Å²) in [5, 5.41) is 7.15. The van der Waals surface area contributed by atoms with Crippen LogP contribution in [0.2, 0.25) is 5.02 Å². The number of hydrogen-bond donors (Lipinski definition) is 1. The van der Waals surface area contributed by atoms with Crippen LogP contribution in [0.25, 0.3) is 6.08 Å². The maximum absolute atomic E-state index is 12.8. The van der Waals surface area contributed by atoms with Crippen LogP contribution in [0, 0.1) is 0 Å². The van der Waals surface area contributed by atoms with Crippen LogP contribution in [0.3, 0.4) is 0 Å². The van der Waals surface area contributed by atoms with Crippen molar-refractivity contribution in [2.45, 2.75) is 16.3 Å². The summed E-state index contributed by atoms with van der Waals surface area (Å²) in [6, 6.07) is 4.37. The largest absolute Gasteiger partial charge is 0.478 e. The van der Waals surface area contributed by atoms with Crippen LogP contribution < -0.4 is 0 Å². The minimum absolute atomic E-state index is 0.348. The second kappa shape index (κ2) is 4.51. The Morgan fingerprint density at radius 1 is 1.39 bits per heavy atom. The summed E-state index contributed by atoms with van der Waals surface area (Å²) >= 11 is 6.20. The van der Waals surface area contributed by atoms with Gasteiger partial charge in [-0.1, -0.05) is 11.6 Å². The van der Waals surface area contributed by atoms with E-state index in [9.17, 15) is 18.0 Å². The lowest BCUT2D eigenvalue weighted by Gasteiger charge is -2.25. The van der Waals surface area contributed by atoms with Crippen molar-refractivity contribution in [3.05, 3.63) is 34.4 Å².